The van der Waals surface area contributed by atoms with E-state index < -0.39 is 0 Å². The molecule has 0 spiro atoms. The van der Waals surface area contributed by atoms with Crippen LogP contribution in [0, 0.1) is 5.92 Å². The zero-order valence-corrected chi connectivity index (χ0v) is 12.4. The predicted molar refractivity (Wildman–Crippen MR) is 79.9 cm³/mol. The van der Waals surface area contributed by atoms with Crippen LogP contribution in [-0.2, 0) is 13.0 Å². The van der Waals surface area contributed by atoms with Gasteiger partial charge in [0, 0.05) is 6.54 Å². The molecule has 0 unspecified atom stereocenters. The molecule has 102 valence electrons. The topological polar surface area (TPSA) is 15.3 Å². The van der Waals surface area contributed by atoms with Crippen LogP contribution in [0.4, 0.5) is 0 Å². The first-order chi connectivity index (χ1) is 8.61. The zero-order valence-electron chi connectivity index (χ0n) is 12.4. The molecule has 0 aliphatic carbocycles. The summed E-state index contributed by atoms with van der Waals surface area (Å²) in [6, 6.07) is 9.09. The lowest BCUT2D eigenvalue weighted by Gasteiger charge is -2.16. The fraction of sp³-hybridized carbons (Fsp3) is 0.625. The van der Waals surface area contributed by atoms with Crippen molar-refractivity contribution >= 4 is 0 Å². The molecule has 0 heterocycles. The summed E-state index contributed by atoms with van der Waals surface area (Å²) in [7, 11) is 4.20. The third-order valence-corrected chi connectivity index (χ3v) is 3.09. The number of hydrogen-bond donors (Lipinski definition) is 1. The molecule has 2 nitrogen and oxygen atoms in total. The molecule has 1 aromatic rings. The van der Waals surface area contributed by atoms with Gasteiger partial charge in [0.15, 0.2) is 0 Å². The Balaban J connectivity index is 2.38. The van der Waals surface area contributed by atoms with Crippen LogP contribution in [0.3, 0.4) is 0 Å². The molecule has 1 aromatic carbocycles. The summed E-state index contributed by atoms with van der Waals surface area (Å²) in [6.45, 7) is 7.82. The van der Waals surface area contributed by atoms with Gasteiger partial charge in [-0.15, -0.1) is 0 Å². The van der Waals surface area contributed by atoms with Gasteiger partial charge in [0.2, 0.25) is 0 Å². The Labute approximate surface area is 112 Å². The van der Waals surface area contributed by atoms with E-state index in [1.54, 1.807) is 0 Å². The first kappa shape index (κ1) is 15.2. The third-order valence-electron chi connectivity index (χ3n) is 3.09. The molecular weight excluding hydrogens is 220 g/mol. The highest BCUT2D eigenvalue weighted by atomic mass is 15.1. The predicted octanol–water partition coefficient (Wildman–Crippen LogP) is 2.93. The SMILES string of the molecule is CNCCCN(C)Cc1ccc(CC(C)C)cc1. The lowest BCUT2D eigenvalue weighted by Crippen LogP contribution is -2.22. The molecule has 1 N–H and O–H groups in total. The van der Waals surface area contributed by atoms with Crippen LogP contribution < -0.4 is 5.32 Å². The number of nitrogens with one attached hydrogen (secondary N) is 1. The molecule has 0 aliphatic rings. The third kappa shape index (κ3) is 6.18. The Morgan fingerprint density at radius 2 is 1.72 bits per heavy atom. The van der Waals surface area contributed by atoms with E-state index in [2.05, 4.69) is 55.4 Å². The van der Waals surface area contributed by atoms with E-state index in [0.29, 0.717) is 0 Å². The highest BCUT2D eigenvalue weighted by Crippen LogP contribution is 2.11. The van der Waals surface area contributed by atoms with Gasteiger partial charge in [-0.3, -0.25) is 0 Å². The fourth-order valence-electron chi connectivity index (χ4n) is 2.17. The normalized spacial score (nSPS) is 11.4. The standard InChI is InChI=1S/C16H28N2/c1-14(2)12-15-6-8-16(9-7-15)13-18(4)11-5-10-17-3/h6-9,14,17H,5,10-13H2,1-4H3. The van der Waals surface area contributed by atoms with Crippen molar-refractivity contribution in [2.75, 3.05) is 27.2 Å². The van der Waals surface area contributed by atoms with Crippen LogP contribution >= 0.6 is 0 Å². The van der Waals surface area contributed by atoms with Crippen molar-refractivity contribution in [3.63, 3.8) is 0 Å². The monoisotopic (exact) mass is 248 g/mol. The van der Waals surface area contributed by atoms with Gasteiger partial charge >= 0.3 is 0 Å². The van der Waals surface area contributed by atoms with Crippen molar-refractivity contribution in [2.45, 2.75) is 33.2 Å². The van der Waals surface area contributed by atoms with Gasteiger partial charge in [-0.05, 0) is 57.1 Å². The summed E-state index contributed by atoms with van der Waals surface area (Å²) < 4.78 is 0. The number of nitrogens with zero attached hydrogens (tertiary/aromatic N) is 1. The van der Waals surface area contributed by atoms with E-state index in [-0.39, 0.29) is 0 Å². The van der Waals surface area contributed by atoms with Crippen LogP contribution in [0.2, 0.25) is 0 Å². The second-order valence-electron chi connectivity index (χ2n) is 5.61. The van der Waals surface area contributed by atoms with E-state index >= 15 is 0 Å². The summed E-state index contributed by atoms with van der Waals surface area (Å²) in [6.07, 6.45) is 2.39. The average Bonchev–Trinajstić information content (AvgIpc) is 2.31. The highest BCUT2D eigenvalue weighted by Gasteiger charge is 2.01. The van der Waals surface area contributed by atoms with Crippen molar-refractivity contribution < 1.29 is 0 Å². The lowest BCUT2D eigenvalue weighted by atomic mass is 10.0. The van der Waals surface area contributed by atoms with Crippen LogP contribution in [0.25, 0.3) is 0 Å². The van der Waals surface area contributed by atoms with Crippen molar-refractivity contribution in [3.05, 3.63) is 35.4 Å². The summed E-state index contributed by atoms with van der Waals surface area (Å²) in [5.41, 5.74) is 2.86. The minimum Gasteiger partial charge on any atom is -0.320 e. The Bertz CT molecular complexity index is 316. The van der Waals surface area contributed by atoms with Gasteiger partial charge < -0.3 is 10.2 Å². The molecule has 0 saturated heterocycles. The quantitative estimate of drug-likeness (QED) is 0.712. The summed E-state index contributed by atoms with van der Waals surface area (Å²) in [5, 5.41) is 3.19. The molecule has 0 saturated carbocycles. The van der Waals surface area contributed by atoms with Crippen LogP contribution in [0.5, 0.6) is 0 Å². The average molecular weight is 248 g/mol. The minimum atomic E-state index is 0.736. The Morgan fingerprint density at radius 3 is 2.28 bits per heavy atom. The molecule has 18 heavy (non-hydrogen) atoms. The molecule has 1 rings (SSSR count). The van der Waals surface area contributed by atoms with E-state index in [1.165, 1.54) is 24.0 Å². The summed E-state index contributed by atoms with van der Waals surface area (Å²) in [5.74, 6) is 0.736. The van der Waals surface area contributed by atoms with Crippen LogP contribution in [0.1, 0.15) is 31.4 Å². The van der Waals surface area contributed by atoms with E-state index in [4.69, 9.17) is 0 Å². The van der Waals surface area contributed by atoms with Gasteiger partial charge in [-0.1, -0.05) is 38.1 Å². The summed E-state index contributed by atoms with van der Waals surface area (Å²) >= 11 is 0. The van der Waals surface area contributed by atoms with E-state index in [0.717, 1.165) is 25.6 Å². The maximum Gasteiger partial charge on any atom is 0.0230 e. The molecule has 2 heteroatoms. The molecule has 0 aromatic heterocycles. The number of benzene rings is 1. The zero-order chi connectivity index (χ0) is 13.4. The summed E-state index contributed by atoms with van der Waals surface area (Å²) in [4.78, 5) is 2.38. The van der Waals surface area contributed by atoms with Crippen LogP contribution in [-0.4, -0.2) is 32.1 Å². The van der Waals surface area contributed by atoms with Gasteiger partial charge in [0.1, 0.15) is 0 Å². The Kier molecular flexibility index (Phi) is 6.99. The maximum atomic E-state index is 3.19. The number of hydrogen-bond acceptors (Lipinski definition) is 2. The van der Waals surface area contributed by atoms with Gasteiger partial charge in [-0.2, -0.15) is 0 Å². The largest absolute Gasteiger partial charge is 0.320 e. The minimum absolute atomic E-state index is 0.736. The van der Waals surface area contributed by atoms with E-state index in [1.807, 2.05) is 7.05 Å². The first-order valence-corrected chi connectivity index (χ1v) is 7.02. The first-order valence-electron chi connectivity index (χ1n) is 7.02. The molecular formula is C16H28N2. The van der Waals surface area contributed by atoms with Crippen molar-refractivity contribution in [1.82, 2.24) is 10.2 Å². The van der Waals surface area contributed by atoms with Crippen LogP contribution in [0.15, 0.2) is 24.3 Å². The molecule has 0 fully saturated rings. The molecule has 0 amide bonds. The fourth-order valence-corrected chi connectivity index (χ4v) is 2.17. The number of rotatable bonds is 8. The molecule has 0 radical (unpaired) electrons. The van der Waals surface area contributed by atoms with Gasteiger partial charge in [0.25, 0.3) is 0 Å². The molecule has 0 aliphatic heterocycles. The highest BCUT2D eigenvalue weighted by molar-refractivity contribution is 5.22. The second kappa shape index (κ2) is 8.28. The lowest BCUT2D eigenvalue weighted by molar-refractivity contribution is 0.321. The van der Waals surface area contributed by atoms with Gasteiger partial charge in [0.05, 0.1) is 0 Å². The molecule has 0 atom stereocenters. The van der Waals surface area contributed by atoms with Crippen molar-refractivity contribution in [3.8, 4) is 0 Å². The van der Waals surface area contributed by atoms with Crippen molar-refractivity contribution in [1.29, 1.82) is 0 Å². The van der Waals surface area contributed by atoms with E-state index in [9.17, 15) is 0 Å². The smallest absolute Gasteiger partial charge is 0.0230 e. The van der Waals surface area contributed by atoms with Gasteiger partial charge in [-0.25, -0.2) is 0 Å². The second-order valence-corrected chi connectivity index (χ2v) is 5.61. The molecule has 0 bridgehead atoms. The Hall–Kier alpha value is -0.860. The maximum absolute atomic E-state index is 3.19. The van der Waals surface area contributed by atoms with Crippen molar-refractivity contribution in [2.24, 2.45) is 5.92 Å². The Morgan fingerprint density at radius 1 is 1.11 bits per heavy atom.